The van der Waals surface area contributed by atoms with Gasteiger partial charge in [-0.15, -0.1) is 5.10 Å². The average molecular weight is 285 g/mol. The molecule has 6 heteroatoms. The molecule has 1 aliphatic carbocycles. The first-order valence-corrected chi connectivity index (χ1v) is 7.38. The number of benzene rings is 1. The Balaban J connectivity index is 1.67. The average Bonchev–Trinajstić information content (AvgIpc) is 3.04. The fourth-order valence-corrected chi connectivity index (χ4v) is 2.83. The highest BCUT2D eigenvalue weighted by Crippen LogP contribution is 2.24. The maximum atomic E-state index is 12.3. The lowest BCUT2D eigenvalue weighted by Crippen LogP contribution is -2.41. The molecule has 110 valence electrons. The summed E-state index contributed by atoms with van der Waals surface area (Å²) in [4.78, 5) is 12.3. The zero-order valence-corrected chi connectivity index (χ0v) is 12.1. The first-order chi connectivity index (χ1) is 10.2. The van der Waals surface area contributed by atoms with Gasteiger partial charge in [0.05, 0.1) is 5.69 Å². The zero-order chi connectivity index (χ0) is 14.7. The van der Waals surface area contributed by atoms with Gasteiger partial charge in [-0.25, -0.2) is 4.68 Å². The molecule has 0 bridgehead atoms. The first kappa shape index (κ1) is 13.7. The molecule has 0 spiro atoms. The van der Waals surface area contributed by atoms with E-state index in [4.69, 9.17) is 0 Å². The van der Waals surface area contributed by atoms with E-state index in [1.165, 1.54) is 25.6 Å². The largest absolute Gasteiger partial charge is 0.349 e. The summed E-state index contributed by atoms with van der Waals surface area (Å²) in [5.41, 5.74) is 1.51. The van der Waals surface area contributed by atoms with Crippen LogP contribution in [0.4, 0.5) is 0 Å². The van der Waals surface area contributed by atoms with Crippen LogP contribution in [-0.4, -0.2) is 32.2 Å². The van der Waals surface area contributed by atoms with Crippen LogP contribution < -0.4 is 5.32 Å². The molecule has 2 atom stereocenters. The summed E-state index contributed by atoms with van der Waals surface area (Å²) in [6.07, 6.45) is 6.28. The van der Waals surface area contributed by atoms with Crippen molar-refractivity contribution in [1.82, 2.24) is 25.5 Å². The number of carbonyl (C=O) groups excluding carboxylic acids is 1. The lowest BCUT2D eigenvalue weighted by Gasteiger charge is -2.29. The van der Waals surface area contributed by atoms with Crippen LogP contribution in [0.25, 0.3) is 5.69 Å². The van der Waals surface area contributed by atoms with Crippen molar-refractivity contribution in [2.24, 2.45) is 5.92 Å². The minimum atomic E-state index is -0.00276. The maximum Gasteiger partial charge on any atom is 0.251 e. The van der Waals surface area contributed by atoms with Crippen molar-refractivity contribution in [3.8, 4) is 5.69 Å². The highest BCUT2D eigenvalue weighted by molar-refractivity contribution is 5.94. The Kier molecular flexibility index (Phi) is 3.94. The molecule has 1 aliphatic rings. The van der Waals surface area contributed by atoms with Gasteiger partial charge in [0.25, 0.3) is 5.91 Å². The molecule has 1 saturated carbocycles. The molecule has 0 unspecified atom stereocenters. The van der Waals surface area contributed by atoms with Gasteiger partial charge >= 0.3 is 0 Å². The second-order valence-corrected chi connectivity index (χ2v) is 5.64. The van der Waals surface area contributed by atoms with E-state index in [1.54, 1.807) is 16.8 Å². The number of rotatable bonds is 3. The van der Waals surface area contributed by atoms with E-state index in [-0.39, 0.29) is 5.91 Å². The van der Waals surface area contributed by atoms with Crippen LogP contribution in [0, 0.1) is 5.92 Å². The van der Waals surface area contributed by atoms with Gasteiger partial charge in [-0.2, -0.15) is 0 Å². The van der Waals surface area contributed by atoms with Gasteiger partial charge in [-0.1, -0.05) is 19.8 Å². The SMILES string of the molecule is C[C@@H]1CCCC[C@@H]1NC(=O)c1ccc(-n2cnnn2)cc1. The van der Waals surface area contributed by atoms with Crippen LogP contribution in [-0.2, 0) is 0 Å². The summed E-state index contributed by atoms with van der Waals surface area (Å²) >= 11 is 0. The van der Waals surface area contributed by atoms with Crippen LogP contribution >= 0.6 is 0 Å². The number of aromatic nitrogens is 4. The quantitative estimate of drug-likeness (QED) is 0.935. The van der Waals surface area contributed by atoms with Crippen molar-refractivity contribution in [3.05, 3.63) is 36.2 Å². The topological polar surface area (TPSA) is 72.7 Å². The number of nitrogens with zero attached hydrogens (tertiary/aromatic N) is 4. The Morgan fingerprint density at radius 3 is 2.67 bits per heavy atom. The maximum absolute atomic E-state index is 12.3. The van der Waals surface area contributed by atoms with Crippen molar-refractivity contribution >= 4 is 5.91 Å². The van der Waals surface area contributed by atoms with E-state index in [1.807, 2.05) is 12.1 Å². The third kappa shape index (κ3) is 3.09. The van der Waals surface area contributed by atoms with Gasteiger partial charge in [-0.3, -0.25) is 4.79 Å². The molecule has 1 aromatic heterocycles. The summed E-state index contributed by atoms with van der Waals surface area (Å²) in [6.45, 7) is 2.21. The summed E-state index contributed by atoms with van der Waals surface area (Å²) in [7, 11) is 0. The summed E-state index contributed by atoms with van der Waals surface area (Å²) in [5, 5.41) is 14.2. The number of tetrazole rings is 1. The molecular formula is C15H19N5O. The number of amides is 1. The highest BCUT2D eigenvalue weighted by atomic mass is 16.1. The van der Waals surface area contributed by atoms with Crippen LogP contribution in [0.3, 0.4) is 0 Å². The van der Waals surface area contributed by atoms with Gasteiger partial charge in [-0.05, 0) is 53.5 Å². The molecule has 1 amide bonds. The predicted octanol–water partition coefficient (Wildman–Crippen LogP) is 1.97. The molecule has 1 fully saturated rings. The van der Waals surface area contributed by atoms with Crippen molar-refractivity contribution in [2.75, 3.05) is 0 Å². The molecule has 0 radical (unpaired) electrons. The zero-order valence-electron chi connectivity index (χ0n) is 12.1. The Bertz CT molecular complexity index is 593. The summed E-state index contributed by atoms with van der Waals surface area (Å²) in [6, 6.07) is 7.59. The van der Waals surface area contributed by atoms with Crippen molar-refractivity contribution in [1.29, 1.82) is 0 Å². The Labute approximate surface area is 123 Å². The van der Waals surface area contributed by atoms with Crippen molar-refractivity contribution in [3.63, 3.8) is 0 Å². The Morgan fingerprint density at radius 2 is 2.00 bits per heavy atom. The van der Waals surface area contributed by atoms with Crippen LogP contribution in [0.1, 0.15) is 43.0 Å². The second-order valence-electron chi connectivity index (χ2n) is 5.64. The first-order valence-electron chi connectivity index (χ1n) is 7.38. The lowest BCUT2D eigenvalue weighted by molar-refractivity contribution is 0.0910. The monoisotopic (exact) mass is 285 g/mol. The molecule has 3 rings (SSSR count). The molecule has 2 aromatic rings. The lowest BCUT2D eigenvalue weighted by atomic mass is 9.86. The molecule has 6 nitrogen and oxygen atoms in total. The molecule has 1 heterocycles. The molecular weight excluding hydrogens is 266 g/mol. The van der Waals surface area contributed by atoms with Crippen LogP contribution in [0.5, 0.6) is 0 Å². The smallest absolute Gasteiger partial charge is 0.251 e. The molecule has 1 N–H and O–H groups in total. The fourth-order valence-electron chi connectivity index (χ4n) is 2.83. The van der Waals surface area contributed by atoms with Crippen molar-refractivity contribution < 1.29 is 4.79 Å². The number of hydrogen-bond donors (Lipinski definition) is 1. The normalized spacial score (nSPS) is 22.0. The van der Waals surface area contributed by atoms with E-state index in [9.17, 15) is 4.79 Å². The van der Waals surface area contributed by atoms with Gasteiger partial charge < -0.3 is 5.32 Å². The minimum Gasteiger partial charge on any atom is -0.349 e. The summed E-state index contributed by atoms with van der Waals surface area (Å²) in [5.74, 6) is 0.556. The fraction of sp³-hybridized carbons (Fsp3) is 0.467. The molecule has 21 heavy (non-hydrogen) atoms. The van der Waals surface area contributed by atoms with E-state index in [0.29, 0.717) is 17.5 Å². The van der Waals surface area contributed by atoms with E-state index >= 15 is 0 Å². The van der Waals surface area contributed by atoms with Gasteiger partial charge in [0.1, 0.15) is 6.33 Å². The second kappa shape index (κ2) is 6.03. The van der Waals surface area contributed by atoms with Crippen LogP contribution in [0.15, 0.2) is 30.6 Å². The summed E-state index contributed by atoms with van der Waals surface area (Å²) < 4.78 is 1.56. The van der Waals surface area contributed by atoms with Gasteiger partial charge in [0, 0.05) is 11.6 Å². The van der Waals surface area contributed by atoms with Gasteiger partial charge in [0.15, 0.2) is 0 Å². The third-order valence-corrected chi connectivity index (χ3v) is 4.17. The van der Waals surface area contributed by atoms with E-state index in [2.05, 4.69) is 27.8 Å². The Hall–Kier alpha value is -2.24. The Morgan fingerprint density at radius 1 is 1.24 bits per heavy atom. The standard InChI is InChI=1S/C15H19N5O/c1-11-4-2-3-5-14(11)17-15(21)12-6-8-13(9-7-12)20-10-16-18-19-20/h6-11,14H,2-5H2,1H3,(H,17,21)/t11-,14+/m1/s1. The third-order valence-electron chi connectivity index (χ3n) is 4.17. The number of nitrogens with one attached hydrogen (secondary N) is 1. The van der Waals surface area contributed by atoms with Crippen LogP contribution in [0.2, 0.25) is 0 Å². The van der Waals surface area contributed by atoms with Gasteiger partial charge in [0.2, 0.25) is 0 Å². The number of carbonyl (C=O) groups is 1. The van der Waals surface area contributed by atoms with E-state index in [0.717, 1.165) is 12.1 Å². The van der Waals surface area contributed by atoms with E-state index < -0.39 is 0 Å². The highest BCUT2D eigenvalue weighted by Gasteiger charge is 2.23. The number of hydrogen-bond acceptors (Lipinski definition) is 4. The molecule has 0 aliphatic heterocycles. The van der Waals surface area contributed by atoms with Crippen molar-refractivity contribution in [2.45, 2.75) is 38.6 Å². The molecule has 1 aromatic carbocycles. The minimum absolute atomic E-state index is 0.00276. The predicted molar refractivity (Wildman–Crippen MR) is 78.0 cm³/mol. The molecule has 0 saturated heterocycles.